The molecule has 1 atom stereocenters. The second kappa shape index (κ2) is 10.7. The van der Waals surface area contributed by atoms with Crippen molar-refractivity contribution in [1.29, 1.82) is 0 Å². The minimum atomic E-state index is 0.0436. The van der Waals surface area contributed by atoms with Crippen molar-refractivity contribution in [1.82, 2.24) is 20.1 Å². The maximum Gasteiger partial charge on any atom is 0.103 e. The summed E-state index contributed by atoms with van der Waals surface area (Å²) in [6.07, 6.45) is 4.06. The molecular weight excluding hydrogens is 320 g/mol. The Labute approximate surface area is 151 Å². The number of morpholine rings is 1. The van der Waals surface area contributed by atoms with Crippen molar-refractivity contribution in [3.8, 4) is 0 Å². The highest BCUT2D eigenvalue weighted by Gasteiger charge is 2.25. The molecule has 1 aromatic rings. The van der Waals surface area contributed by atoms with Gasteiger partial charge in [-0.25, -0.2) is 0 Å². The number of nitrogens with zero attached hydrogens (tertiary/aromatic N) is 3. The van der Waals surface area contributed by atoms with Crippen LogP contribution in [0.15, 0.2) is 24.4 Å². The lowest BCUT2D eigenvalue weighted by Crippen LogP contribution is -2.47. The Bertz CT molecular complexity index is 473. The third-order valence-electron chi connectivity index (χ3n) is 4.18. The molecule has 24 heavy (non-hydrogen) atoms. The average molecular weight is 351 g/mol. The maximum atomic E-state index is 5.78. The molecule has 2 heterocycles. The van der Waals surface area contributed by atoms with Gasteiger partial charge in [0.05, 0.1) is 30.6 Å². The number of hydrogen-bond acceptors (Lipinski definition) is 5. The lowest BCUT2D eigenvalue weighted by molar-refractivity contribution is 0.0365. The van der Waals surface area contributed by atoms with E-state index in [0.717, 1.165) is 69.6 Å². The van der Waals surface area contributed by atoms with Gasteiger partial charge in [-0.3, -0.25) is 14.8 Å². The molecule has 0 aromatic carbocycles. The summed E-state index contributed by atoms with van der Waals surface area (Å²) in [6.45, 7) is 10.8. The number of thiocarbonyl (C=S) groups is 1. The molecule has 0 saturated carbocycles. The van der Waals surface area contributed by atoms with Crippen LogP contribution in [-0.4, -0.2) is 65.8 Å². The molecule has 5 nitrogen and oxygen atoms in total. The van der Waals surface area contributed by atoms with Crippen LogP contribution in [-0.2, 0) is 4.74 Å². The third kappa shape index (κ3) is 5.77. The maximum absolute atomic E-state index is 5.78. The Kier molecular flexibility index (Phi) is 8.59. The molecule has 0 radical (unpaired) electrons. The second-order valence-corrected chi connectivity index (χ2v) is 6.56. The van der Waals surface area contributed by atoms with Gasteiger partial charge in [0.15, 0.2) is 0 Å². The van der Waals surface area contributed by atoms with Gasteiger partial charge in [0.2, 0.25) is 0 Å². The van der Waals surface area contributed by atoms with E-state index in [-0.39, 0.29) is 6.04 Å². The average Bonchev–Trinajstić information content (AvgIpc) is 2.62. The van der Waals surface area contributed by atoms with E-state index in [1.165, 1.54) is 0 Å². The van der Waals surface area contributed by atoms with Crippen molar-refractivity contribution in [3.05, 3.63) is 30.1 Å². The summed E-state index contributed by atoms with van der Waals surface area (Å²) in [5, 5.41) is 3.47. The number of pyridine rings is 1. The van der Waals surface area contributed by atoms with Crippen LogP contribution in [0.5, 0.6) is 0 Å². The first-order chi connectivity index (χ1) is 11.8. The Morgan fingerprint density at radius 1 is 1.29 bits per heavy atom. The molecule has 0 bridgehead atoms. The normalized spacial score (nSPS) is 17.0. The van der Waals surface area contributed by atoms with Gasteiger partial charge in [0.25, 0.3) is 0 Å². The van der Waals surface area contributed by atoms with Gasteiger partial charge in [0.1, 0.15) is 6.04 Å². The summed E-state index contributed by atoms with van der Waals surface area (Å²) < 4.78 is 5.40. The molecule has 0 amide bonds. The van der Waals surface area contributed by atoms with E-state index in [2.05, 4.69) is 40.0 Å². The van der Waals surface area contributed by atoms with Crippen LogP contribution in [0.2, 0.25) is 0 Å². The van der Waals surface area contributed by atoms with E-state index in [1.807, 2.05) is 18.3 Å². The van der Waals surface area contributed by atoms with Gasteiger partial charge < -0.3 is 10.1 Å². The third-order valence-corrected chi connectivity index (χ3v) is 4.55. The van der Waals surface area contributed by atoms with Crippen LogP contribution in [0.1, 0.15) is 38.4 Å². The molecule has 6 heteroatoms. The summed E-state index contributed by atoms with van der Waals surface area (Å²) in [6, 6.07) is 6.11. The Morgan fingerprint density at radius 2 is 2.00 bits per heavy atom. The Balaban J connectivity index is 2.06. The second-order valence-electron chi connectivity index (χ2n) is 6.12. The number of hydrogen-bond donors (Lipinski definition) is 1. The highest BCUT2D eigenvalue weighted by Crippen LogP contribution is 2.21. The molecule has 0 aliphatic carbocycles. The predicted molar refractivity (Wildman–Crippen MR) is 102 cm³/mol. The lowest BCUT2D eigenvalue weighted by Gasteiger charge is -2.33. The summed E-state index contributed by atoms with van der Waals surface area (Å²) in [5.74, 6) is 0. The molecule has 1 saturated heterocycles. The summed E-state index contributed by atoms with van der Waals surface area (Å²) in [4.78, 5) is 10.2. The summed E-state index contributed by atoms with van der Waals surface area (Å²) in [5.41, 5.74) is 1.03. The van der Waals surface area contributed by atoms with Crippen molar-refractivity contribution in [3.63, 3.8) is 0 Å². The first-order valence-corrected chi connectivity index (χ1v) is 9.39. The van der Waals surface area contributed by atoms with Crippen LogP contribution in [0.25, 0.3) is 0 Å². The van der Waals surface area contributed by atoms with E-state index < -0.39 is 0 Å². The van der Waals surface area contributed by atoms with Gasteiger partial charge in [-0.15, -0.1) is 0 Å². The fraction of sp³-hybridized carbons (Fsp3) is 0.667. The van der Waals surface area contributed by atoms with Gasteiger partial charge >= 0.3 is 0 Å². The lowest BCUT2D eigenvalue weighted by atomic mass is 10.1. The van der Waals surface area contributed by atoms with Gasteiger partial charge in [-0.05, 0) is 38.1 Å². The van der Waals surface area contributed by atoms with Gasteiger partial charge in [-0.1, -0.05) is 32.1 Å². The highest BCUT2D eigenvalue weighted by atomic mass is 32.1. The van der Waals surface area contributed by atoms with E-state index in [4.69, 9.17) is 17.0 Å². The zero-order valence-electron chi connectivity index (χ0n) is 14.9. The largest absolute Gasteiger partial charge is 0.379 e. The van der Waals surface area contributed by atoms with Crippen molar-refractivity contribution >= 4 is 17.2 Å². The fourth-order valence-electron chi connectivity index (χ4n) is 3.02. The van der Waals surface area contributed by atoms with Gasteiger partial charge in [-0.2, -0.15) is 0 Å². The molecule has 1 unspecified atom stereocenters. The molecule has 1 aliphatic heterocycles. The molecular formula is C18H30N4OS. The van der Waals surface area contributed by atoms with Crippen LogP contribution in [0.4, 0.5) is 0 Å². The van der Waals surface area contributed by atoms with Crippen molar-refractivity contribution in [2.45, 2.75) is 32.7 Å². The number of ether oxygens (including phenoxy) is 1. The fourth-order valence-corrected chi connectivity index (χ4v) is 3.35. The van der Waals surface area contributed by atoms with Crippen LogP contribution >= 0.6 is 12.2 Å². The van der Waals surface area contributed by atoms with Crippen molar-refractivity contribution in [2.24, 2.45) is 0 Å². The Hall–Kier alpha value is -1.08. The minimum Gasteiger partial charge on any atom is -0.379 e. The van der Waals surface area contributed by atoms with Crippen molar-refractivity contribution in [2.75, 3.05) is 46.1 Å². The molecule has 134 valence electrons. The van der Waals surface area contributed by atoms with Crippen LogP contribution in [0.3, 0.4) is 0 Å². The number of nitrogens with one attached hydrogen (secondary N) is 1. The van der Waals surface area contributed by atoms with Crippen LogP contribution in [0, 0.1) is 0 Å². The van der Waals surface area contributed by atoms with E-state index in [9.17, 15) is 0 Å². The monoisotopic (exact) mass is 350 g/mol. The standard InChI is InChI=1S/C18H30N4OS/c1-3-9-22(10-4-2)17(16-7-5-6-8-19-16)18(24)20-15-21-11-13-23-14-12-21/h5-8,17H,3-4,9-15H2,1-2H3,(H,20,24). The minimum absolute atomic E-state index is 0.0436. The smallest absolute Gasteiger partial charge is 0.103 e. The zero-order valence-corrected chi connectivity index (χ0v) is 15.7. The summed E-state index contributed by atoms with van der Waals surface area (Å²) in [7, 11) is 0. The predicted octanol–water partition coefficient (Wildman–Crippen LogP) is 2.45. The topological polar surface area (TPSA) is 40.6 Å². The SMILES string of the molecule is CCCN(CCC)C(C(=S)NCN1CCOCC1)c1ccccn1. The molecule has 2 rings (SSSR count). The molecule has 1 fully saturated rings. The van der Waals surface area contributed by atoms with Crippen molar-refractivity contribution < 1.29 is 4.74 Å². The molecule has 1 N–H and O–H groups in total. The van der Waals surface area contributed by atoms with Crippen LogP contribution < -0.4 is 5.32 Å². The molecule has 0 spiro atoms. The zero-order chi connectivity index (χ0) is 17.2. The Morgan fingerprint density at radius 3 is 2.58 bits per heavy atom. The van der Waals surface area contributed by atoms with E-state index in [0.29, 0.717) is 0 Å². The quantitative estimate of drug-likeness (QED) is 0.690. The number of rotatable bonds is 9. The van der Waals surface area contributed by atoms with E-state index >= 15 is 0 Å². The first kappa shape index (κ1) is 19.2. The number of aromatic nitrogens is 1. The molecule has 1 aliphatic rings. The first-order valence-electron chi connectivity index (χ1n) is 8.99. The van der Waals surface area contributed by atoms with Gasteiger partial charge in [0, 0.05) is 19.3 Å². The molecule has 1 aromatic heterocycles. The highest BCUT2D eigenvalue weighted by molar-refractivity contribution is 7.80. The van der Waals surface area contributed by atoms with E-state index in [1.54, 1.807) is 0 Å². The summed E-state index contributed by atoms with van der Waals surface area (Å²) >= 11 is 5.78.